The monoisotopic (exact) mass is 388 g/mol. The fourth-order valence-electron chi connectivity index (χ4n) is 2.97. The number of carbonyl (C=O) groups excluding carboxylic acids is 1. The van der Waals surface area contributed by atoms with E-state index >= 15 is 0 Å². The Morgan fingerprint density at radius 1 is 1.14 bits per heavy atom. The summed E-state index contributed by atoms with van der Waals surface area (Å²) in [7, 11) is 0. The van der Waals surface area contributed by atoms with E-state index in [4.69, 9.17) is 9.26 Å². The third kappa shape index (κ3) is 4.19. The van der Waals surface area contributed by atoms with Gasteiger partial charge in [0.05, 0.1) is 17.0 Å². The molecule has 2 aromatic carbocycles. The molecule has 4 aromatic rings. The quantitative estimate of drug-likeness (QED) is 0.507. The number of hydrogen-bond acceptors (Lipinski definition) is 5. The lowest BCUT2D eigenvalue weighted by Crippen LogP contribution is -2.12. The molecule has 0 bridgehead atoms. The van der Waals surface area contributed by atoms with E-state index in [1.165, 1.54) is 0 Å². The zero-order chi connectivity index (χ0) is 20.2. The standard InChI is InChI=1S/C22H20N4O3/c1-14-20(15(2)29-26-14)13-28-19-8-4-6-17(12-19)22(27)24-18-7-3-5-16(11-18)21-9-10-23-25-21/h3-12H,13H2,1-2H3,(H,23,25)(H,24,27). The first-order valence-corrected chi connectivity index (χ1v) is 9.16. The van der Waals surface area contributed by atoms with Gasteiger partial charge in [-0.1, -0.05) is 23.4 Å². The van der Waals surface area contributed by atoms with E-state index in [-0.39, 0.29) is 5.91 Å². The summed E-state index contributed by atoms with van der Waals surface area (Å²) >= 11 is 0. The van der Waals surface area contributed by atoms with Crippen LogP contribution in [-0.4, -0.2) is 21.3 Å². The number of H-pyrrole nitrogens is 1. The Kier molecular flexibility index (Phi) is 5.11. The third-order valence-electron chi connectivity index (χ3n) is 4.59. The summed E-state index contributed by atoms with van der Waals surface area (Å²) in [4.78, 5) is 12.7. The van der Waals surface area contributed by atoms with E-state index in [9.17, 15) is 4.79 Å². The first kappa shape index (κ1) is 18.5. The van der Waals surface area contributed by atoms with Crippen molar-refractivity contribution in [3.8, 4) is 17.0 Å². The van der Waals surface area contributed by atoms with E-state index in [1.807, 2.05) is 50.2 Å². The van der Waals surface area contributed by atoms with Gasteiger partial charge in [0, 0.05) is 23.0 Å². The molecule has 7 heteroatoms. The molecule has 2 heterocycles. The number of rotatable bonds is 6. The molecule has 0 saturated heterocycles. The Morgan fingerprint density at radius 2 is 2.00 bits per heavy atom. The predicted octanol–water partition coefficient (Wildman–Crippen LogP) is 4.51. The average Bonchev–Trinajstić information content (AvgIpc) is 3.38. The number of nitrogens with one attached hydrogen (secondary N) is 2. The maximum atomic E-state index is 12.7. The number of hydrogen-bond donors (Lipinski definition) is 2. The van der Waals surface area contributed by atoms with E-state index in [0.29, 0.717) is 23.6 Å². The van der Waals surface area contributed by atoms with Gasteiger partial charge < -0.3 is 14.6 Å². The van der Waals surface area contributed by atoms with Crippen LogP contribution in [-0.2, 0) is 6.61 Å². The summed E-state index contributed by atoms with van der Waals surface area (Å²) in [6.45, 7) is 4.05. The Hall–Kier alpha value is -3.87. The topological polar surface area (TPSA) is 93.0 Å². The Morgan fingerprint density at radius 3 is 2.76 bits per heavy atom. The number of aromatic nitrogens is 3. The minimum atomic E-state index is -0.213. The number of aromatic amines is 1. The fourth-order valence-corrected chi connectivity index (χ4v) is 2.97. The number of amides is 1. The zero-order valence-electron chi connectivity index (χ0n) is 16.1. The highest BCUT2D eigenvalue weighted by Gasteiger charge is 2.11. The van der Waals surface area contributed by atoms with Gasteiger partial charge in [-0.05, 0) is 50.2 Å². The lowest BCUT2D eigenvalue weighted by molar-refractivity contribution is 0.102. The van der Waals surface area contributed by atoms with Gasteiger partial charge in [-0.15, -0.1) is 0 Å². The maximum Gasteiger partial charge on any atom is 0.255 e. The van der Waals surface area contributed by atoms with Gasteiger partial charge in [-0.2, -0.15) is 5.10 Å². The van der Waals surface area contributed by atoms with Gasteiger partial charge in [0.25, 0.3) is 5.91 Å². The Bertz CT molecular complexity index is 1110. The van der Waals surface area contributed by atoms with Crippen molar-refractivity contribution < 1.29 is 14.1 Å². The second-order valence-corrected chi connectivity index (χ2v) is 6.62. The SMILES string of the molecule is Cc1noc(C)c1COc1cccc(C(=O)Nc2cccc(-c3ccn[nH]3)c2)c1. The van der Waals surface area contributed by atoms with Gasteiger partial charge in [0.15, 0.2) is 0 Å². The van der Waals surface area contributed by atoms with Crippen LogP contribution in [0.25, 0.3) is 11.3 Å². The second-order valence-electron chi connectivity index (χ2n) is 6.62. The van der Waals surface area contributed by atoms with Crippen molar-refractivity contribution in [3.05, 3.63) is 83.4 Å². The van der Waals surface area contributed by atoms with Crippen LogP contribution >= 0.6 is 0 Å². The fraction of sp³-hybridized carbons (Fsp3) is 0.136. The molecule has 0 saturated carbocycles. The largest absolute Gasteiger partial charge is 0.489 e. The first-order chi connectivity index (χ1) is 14.1. The van der Waals surface area contributed by atoms with Crippen LogP contribution in [0.3, 0.4) is 0 Å². The van der Waals surface area contributed by atoms with Gasteiger partial charge >= 0.3 is 0 Å². The molecule has 0 aliphatic carbocycles. The van der Waals surface area contributed by atoms with Crippen LogP contribution < -0.4 is 10.1 Å². The number of carbonyl (C=O) groups is 1. The predicted molar refractivity (Wildman–Crippen MR) is 109 cm³/mol. The van der Waals surface area contributed by atoms with E-state index in [0.717, 1.165) is 28.3 Å². The molecule has 0 aliphatic heterocycles. The van der Waals surface area contributed by atoms with Crippen LogP contribution in [0.4, 0.5) is 5.69 Å². The summed E-state index contributed by atoms with van der Waals surface area (Å²) in [5.74, 6) is 1.12. The number of anilines is 1. The van der Waals surface area contributed by atoms with Gasteiger partial charge in [0.1, 0.15) is 18.1 Å². The summed E-state index contributed by atoms with van der Waals surface area (Å²) in [6.07, 6.45) is 1.69. The maximum absolute atomic E-state index is 12.7. The molecule has 2 N–H and O–H groups in total. The van der Waals surface area contributed by atoms with Crippen molar-refractivity contribution in [1.29, 1.82) is 0 Å². The lowest BCUT2D eigenvalue weighted by atomic mass is 10.1. The minimum Gasteiger partial charge on any atom is -0.489 e. The van der Waals surface area contributed by atoms with Crippen molar-refractivity contribution in [2.45, 2.75) is 20.5 Å². The van der Waals surface area contributed by atoms with Gasteiger partial charge in [-0.3, -0.25) is 9.89 Å². The molecule has 4 rings (SSSR count). The molecule has 0 atom stereocenters. The summed E-state index contributed by atoms with van der Waals surface area (Å²) in [5, 5.41) is 13.7. The zero-order valence-corrected chi connectivity index (χ0v) is 16.1. The van der Waals surface area contributed by atoms with Crippen LogP contribution in [0.1, 0.15) is 27.4 Å². The molecular weight excluding hydrogens is 368 g/mol. The van der Waals surface area contributed by atoms with Crippen LogP contribution in [0.2, 0.25) is 0 Å². The van der Waals surface area contributed by atoms with Crippen molar-refractivity contribution in [3.63, 3.8) is 0 Å². The van der Waals surface area contributed by atoms with Crippen LogP contribution in [0.15, 0.2) is 65.3 Å². The highest BCUT2D eigenvalue weighted by atomic mass is 16.5. The third-order valence-corrected chi connectivity index (χ3v) is 4.59. The van der Waals surface area contributed by atoms with E-state index < -0.39 is 0 Å². The van der Waals surface area contributed by atoms with Crippen LogP contribution in [0.5, 0.6) is 5.75 Å². The van der Waals surface area contributed by atoms with E-state index in [2.05, 4.69) is 20.7 Å². The molecule has 29 heavy (non-hydrogen) atoms. The normalized spacial score (nSPS) is 10.7. The van der Waals surface area contributed by atoms with Crippen molar-refractivity contribution in [2.24, 2.45) is 0 Å². The first-order valence-electron chi connectivity index (χ1n) is 9.16. The summed E-state index contributed by atoms with van der Waals surface area (Å²) < 4.78 is 11.0. The number of nitrogens with zero attached hydrogens (tertiary/aromatic N) is 2. The molecule has 0 radical (unpaired) electrons. The molecule has 2 aromatic heterocycles. The van der Waals surface area contributed by atoms with Gasteiger partial charge in [-0.25, -0.2) is 0 Å². The molecule has 1 amide bonds. The molecule has 0 fully saturated rings. The Balaban J connectivity index is 1.45. The number of benzene rings is 2. The molecule has 0 aliphatic rings. The molecule has 146 valence electrons. The smallest absolute Gasteiger partial charge is 0.255 e. The number of ether oxygens (including phenoxy) is 1. The van der Waals surface area contributed by atoms with Crippen molar-refractivity contribution >= 4 is 11.6 Å². The van der Waals surface area contributed by atoms with Crippen molar-refractivity contribution in [2.75, 3.05) is 5.32 Å². The van der Waals surface area contributed by atoms with Gasteiger partial charge in [0.2, 0.25) is 0 Å². The minimum absolute atomic E-state index is 0.213. The molecule has 7 nitrogen and oxygen atoms in total. The highest BCUT2D eigenvalue weighted by molar-refractivity contribution is 6.04. The summed E-state index contributed by atoms with van der Waals surface area (Å²) in [5.41, 5.74) is 4.74. The number of aryl methyl sites for hydroxylation is 2. The second kappa shape index (κ2) is 8.02. The average molecular weight is 388 g/mol. The Labute approximate surface area is 167 Å². The van der Waals surface area contributed by atoms with Crippen molar-refractivity contribution in [1.82, 2.24) is 15.4 Å². The summed E-state index contributed by atoms with van der Waals surface area (Å²) in [6, 6.07) is 16.5. The highest BCUT2D eigenvalue weighted by Crippen LogP contribution is 2.22. The lowest BCUT2D eigenvalue weighted by Gasteiger charge is -2.09. The van der Waals surface area contributed by atoms with Crippen LogP contribution in [0, 0.1) is 13.8 Å². The molecule has 0 unspecified atom stereocenters. The molecule has 0 spiro atoms. The molecular formula is C22H20N4O3. The van der Waals surface area contributed by atoms with E-state index in [1.54, 1.807) is 24.4 Å².